The van der Waals surface area contributed by atoms with Crippen LogP contribution in [0.15, 0.2) is 48.5 Å². The molecular weight excluding hydrogens is 380 g/mol. The molecule has 2 N–H and O–H groups in total. The van der Waals surface area contributed by atoms with Crippen LogP contribution in [0.5, 0.6) is 0 Å². The molecule has 0 fully saturated rings. The zero-order valence-corrected chi connectivity index (χ0v) is 17.6. The monoisotopic (exact) mass is 408 g/mol. The number of Topliss-reactive ketones (excluding diaryl/α,β-unsaturated/α-hetero) is 1. The van der Waals surface area contributed by atoms with Gasteiger partial charge in [-0.15, -0.1) is 0 Å². The molecule has 0 aliphatic heterocycles. The lowest BCUT2D eigenvalue weighted by molar-refractivity contribution is -0.123. The first-order valence-electron chi connectivity index (χ1n) is 10.3. The van der Waals surface area contributed by atoms with Crippen molar-refractivity contribution in [2.75, 3.05) is 13.2 Å². The number of amides is 2. The van der Waals surface area contributed by atoms with Gasteiger partial charge in [0.15, 0.2) is 0 Å². The van der Waals surface area contributed by atoms with E-state index in [2.05, 4.69) is 34.9 Å². The van der Waals surface area contributed by atoms with Gasteiger partial charge in [-0.25, -0.2) is 4.79 Å². The summed E-state index contributed by atoms with van der Waals surface area (Å²) < 4.78 is 5.45. The number of rotatable bonds is 8. The van der Waals surface area contributed by atoms with E-state index < -0.39 is 12.1 Å². The number of ether oxygens (including phenoxy) is 1. The van der Waals surface area contributed by atoms with E-state index in [1.165, 1.54) is 0 Å². The summed E-state index contributed by atoms with van der Waals surface area (Å²) in [5.74, 6) is -0.347. The van der Waals surface area contributed by atoms with E-state index in [1.807, 2.05) is 38.1 Å². The lowest BCUT2D eigenvalue weighted by Crippen LogP contribution is -2.45. The normalized spacial score (nSPS) is 13.3. The smallest absolute Gasteiger partial charge is 0.407 e. The number of carbonyl (C=O) groups is 3. The molecule has 1 aliphatic rings. The van der Waals surface area contributed by atoms with E-state index in [0.29, 0.717) is 0 Å². The van der Waals surface area contributed by atoms with Crippen molar-refractivity contribution in [1.29, 1.82) is 0 Å². The summed E-state index contributed by atoms with van der Waals surface area (Å²) in [7, 11) is 0. The van der Waals surface area contributed by atoms with Crippen LogP contribution >= 0.6 is 0 Å². The van der Waals surface area contributed by atoms with Crippen LogP contribution < -0.4 is 10.6 Å². The quantitative estimate of drug-likeness (QED) is 0.698. The van der Waals surface area contributed by atoms with Crippen LogP contribution in [-0.2, 0) is 14.3 Å². The predicted molar refractivity (Wildman–Crippen MR) is 115 cm³/mol. The third-order valence-electron chi connectivity index (χ3n) is 5.39. The Balaban J connectivity index is 1.51. The van der Waals surface area contributed by atoms with Crippen LogP contribution in [0.1, 0.15) is 44.2 Å². The molecule has 0 saturated carbocycles. The Morgan fingerprint density at radius 2 is 1.50 bits per heavy atom. The minimum Gasteiger partial charge on any atom is -0.449 e. The molecule has 0 aromatic heterocycles. The maximum Gasteiger partial charge on any atom is 0.407 e. The van der Waals surface area contributed by atoms with Crippen LogP contribution in [0.3, 0.4) is 0 Å². The highest BCUT2D eigenvalue weighted by Gasteiger charge is 2.29. The van der Waals surface area contributed by atoms with Gasteiger partial charge in [0.1, 0.15) is 18.4 Å². The van der Waals surface area contributed by atoms with Crippen molar-refractivity contribution in [2.45, 2.75) is 39.2 Å². The highest BCUT2D eigenvalue weighted by molar-refractivity contribution is 5.86. The summed E-state index contributed by atoms with van der Waals surface area (Å²) in [6.07, 6.45) is -0.362. The minimum absolute atomic E-state index is 0.0330. The second-order valence-corrected chi connectivity index (χ2v) is 7.85. The zero-order chi connectivity index (χ0) is 21.7. The second kappa shape index (κ2) is 9.57. The average molecular weight is 408 g/mol. The molecule has 0 bridgehead atoms. The van der Waals surface area contributed by atoms with Crippen LogP contribution in [0.25, 0.3) is 11.1 Å². The number of nitrogens with one attached hydrogen (secondary N) is 2. The number of carbonyl (C=O) groups excluding carboxylic acids is 3. The standard InChI is InChI=1S/C24H28N2O4/c1-15(2)22(27)12-13-25-23(28)16(3)26-24(29)30-14-21-19-10-6-4-8-17(19)18-9-5-7-11-20(18)21/h4-11,15-16,21H,12-14H2,1-3H3,(H,25,28)(H,26,29). The van der Waals surface area contributed by atoms with Crippen molar-refractivity contribution in [2.24, 2.45) is 5.92 Å². The molecule has 6 nitrogen and oxygen atoms in total. The Morgan fingerprint density at radius 1 is 0.933 bits per heavy atom. The maximum atomic E-state index is 12.2. The van der Waals surface area contributed by atoms with Gasteiger partial charge in [-0.2, -0.15) is 0 Å². The van der Waals surface area contributed by atoms with Crippen molar-refractivity contribution >= 4 is 17.8 Å². The first-order valence-corrected chi connectivity index (χ1v) is 10.3. The van der Waals surface area contributed by atoms with E-state index >= 15 is 0 Å². The summed E-state index contributed by atoms with van der Waals surface area (Å²) in [6, 6.07) is 15.5. The molecule has 158 valence electrons. The Hall–Kier alpha value is -3.15. The number of fused-ring (bicyclic) bond motifs is 3. The molecular formula is C24H28N2O4. The van der Waals surface area contributed by atoms with Crippen LogP contribution in [-0.4, -0.2) is 37.0 Å². The molecule has 0 spiro atoms. The maximum absolute atomic E-state index is 12.2. The second-order valence-electron chi connectivity index (χ2n) is 7.85. The summed E-state index contributed by atoms with van der Waals surface area (Å²) in [5.41, 5.74) is 4.58. The topological polar surface area (TPSA) is 84.5 Å². The third kappa shape index (κ3) is 4.87. The molecule has 1 atom stereocenters. The van der Waals surface area contributed by atoms with E-state index in [0.717, 1.165) is 22.3 Å². The number of ketones is 1. The molecule has 0 saturated heterocycles. The molecule has 0 heterocycles. The lowest BCUT2D eigenvalue weighted by atomic mass is 9.98. The molecule has 30 heavy (non-hydrogen) atoms. The van der Waals surface area contributed by atoms with E-state index in [4.69, 9.17) is 4.74 Å². The van der Waals surface area contributed by atoms with Gasteiger partial charge in [-0.05, 0) is 29.2 Å². The Kier molecular flexibility index (Phi) is 6.87. The fraction of sp³-hybridized carbons (Fsp3) is 0.375. The molecule has 1 aliphatic carbocycles. The SMILES string of the molecule is CC(C)C(=O)CCNC(=O)C(C)NC(=O)OCC1c2ccccc2-c2ccccc21. The summed E-state index contributed by atoms with van der Waals surface area (Å²) >= 11 is 0. The molecule has 1 unspecified atom stereocenters. The van der Waals surface area contributed by atoms with E-state index in [9.17, 15) is 14.4 Å². The third-order valence-corrected chi connectivity index (χ3v) is 5.39. The Morgan fingerprint density at radius 3 is 2.07 bits per heavy atom. The number of alkyl carbamates (subject to hydrolysis) is 1. The highest BCUT2D eigenvalue weighted by atomic mass is 16.5. The highest BCUT2D eigenvalue weighted by Crippen LogP contribution is 2.44. The van der Waals surface area contributed by atoms with Gasteiger partial charge in [0.05, 0.1) is 0 Å². The largest absolute Gasteiger partial charge is 0.449 e. The molecule has 2 aromatic carbocycles. The van der Waals surface area contributed by atoms with Crippen LogP contribution in [0.2, 0.25) is 0 Å². The fourth-order valence-corrected chi connectivity index (χ4v) is 3.63. The number of hydrogen-bond donors (Lipinski definition) is 2. The molecule has 6 heteroatoms. The Labute approximate surface area is 177 Å². The number of benzene rings is 2. The van der Waals surface area contributed by atoms with Gasteiger partial charge < -0.3 is 15.4 Å². The van der Waals surface area contributed by atoms with Gasteiger partial charge in [0.25, 0.3) is 0 Å². The van der Waals surface area contributed by atoms with Gasteiger partial charge in [0.2, 0.25) is 5.91 Å². The first-order chi connectivity index (χ1) is 14.4. The van der Waals surface area contributed by atoms with Gasteiger partial charge >= 0.3 is 6.09 Å². The number of hydrogen-bond acceptors (Lipinski definition) is 4. The molecule has 0 radical (unpaired) electrons. The Bertz CT molecular complexity index is 893. The predicted octanol–water partition coefficient (Wildman–Crippen LogP) is 3.65. The van der Waals surface area contributed by atoms with Crippen molar-refractivity contribution in [3.05, 3.63) is 59.7 Å². The van der Waals surface area contributed by atoms with Crippen molar-refractivity contribution < 1.29 is 19.1 Å². The molecule has 2 aromatic rings. The van der Waals surface area contributed by atoms with Crippen molar-refractivity contribution in [3.63, 3.8) is 0 Å². The summed E-state index contributed by atoms with van der Waals surface area (Å²) in [6.45, 7) is 5.68. The minimum atomic E-state index is -0.755. The molecule has 3 rings (SSSR count). The van der Waals surface area contributed by atoms with Gasteiger partial charge in [0, 0.05) is 24.8 Å². The van der Waals surface area contributed by atoms with E-state index in [-0.39, 0.29) is 43.1 Å². The van der Waals surface area contributed by atoms with E-state index in [1.54, 1.807) is 6.92 Å². The fourth-order valence-electron chi connectivity index (χ4n) is 3.63. The lowest BCUT2D eigenvalue weighted by Gasteiger charge is -2.17. The summed E-state index contributed by atoms with van der Waals surface area (Å²) in [4.78, 5) is 36.0. The van der Waals surface area contributed by atoms with Crippen molar-refractivity contribution in [3.8, 4) is 11.1 Å². The summed E-state index contributed by atoms with van der Waals surface area (Å²) in [5, 5.41) is 5.22. The average Bonchev–Trinajstić information content (AvgIpc) is 3.05. The van der Waals surface area contributed by atoms with Crippen molar-refractivity contribution in [1.82, 2.24) is 10.6 Å². The van der Waals surface area contributed by atoms with Gasteiger partial charge in [-0.1, -0.05) is 62.4 Å². The van der Waals surface area contributed by atoms with Crippen LogP contribution in [0.4, 0.5) is 4.79 Å². The zero-order valence-electron chi connectivity index (χ0n) is 17.6. The first kappa shape index (κ1) is 21.6. The van der Waals surface area contributed by atoms with Gasteiger partial charge in [-0.3, -0.25) is 9.59 Å². The molecule has 2 amide bonds. The van der Waals surface area contributed by atoms with Crippen LogP contribution in [0, 0.1) is 5.92 Å².